The summed E-state index contributed by atoms with van der Waals surface area (Å²) in [5.74, 6) is 0.0478. The zero-order valence-corrected chi connectivity index (χ0v) is 9.73. The number of benzene rings is 1. The van der Waals surface area contributed by atoms with Crippen LogP contribution in [0.5, 0.6) is 5.75 Å². The molecular formula is C11H10ClF3O2. The van der Waals surface area contributed by atoms with Crippen LogP contribution < -0.4 is 4.74 Å². The molecule has 0 saturated carbocycles. The Morgan fingerprint density at radius 3 is 2.53 bits per heavy atom. The Morgan fingerprint density at radius 1 is 1.41 bits per heavy atom. The second-order valence-electron chi connectivity index (χ2n) is 3.34. The molecule has 0 atom stereocenters. The van der Waals surface area contributed by atoms with Crippen LogP contribution in [-0.2, 0) is 17.4 Å². The molecule has 0 fully saturated rings. The topological polar surface area (TPSA) is 26.3 Å². The van der Waals surface area contributed by atoms with Gasteiger partial charge in [-0.15, -0.1) is 0 Å². The van der Waals surface area contributed by atoms with Crippen LogP contribution in [0.2, 0.25) is 5.02 Å². The Kier molecular flexibility index (Phi) is 4.40. The van der Waals surface area contributed by atoms with Crippen LogP contribution in [0.4, 0.5) is 13.2 Å². The van der Waals surface area contributed by atoms with Crippen LogP contribution in [0, 0.1) is 0 Å². The average Bonchev–Trinajstić information content (AvgIpc) is 2.25. The van der Waals surface area contributed by atoms with Crippen molar-refractivity contribution in [2.45, 2.75) is 19.0 Å². The number of halogens is 4. The predicted octanol–water partition coefficient (Wildman–Crippen LogP) is 3.50. The Bertz CT molecular complexity index is 416. The molecule has 6 heteroatoms. The molecule has 1 aromatic rings. The number of hydrogen-bond acceptors (Lipinski definition) is 2. The van der Waals surface area contributed by atoms with Crippen molar-refractivity contribution < 1.29 is 22.7 Å². The normalized spacial score (nSPS) is 11.4. The van der Waals surface area contributed by atoms with Gasteiger partial charge in [0.15, 0.2) is 0 Å². The summed E-state index contributed by atoms with van der Waals surface area (Å²) in [6.45, 7) is 0. The van der Waals surface area contributed by atoms with Gasteiger partial charge in [0.2, 0.25) is 0 Å². The predicted molar refractivity (Wildman–Crippen MR) is 57.4 cm³/mol. The number of carbonyl (C=O) groups is 1. The molecule has 0 spiro atoms. The highest BCUT2D eigenvalue weighted by Gasteiger charge is 2.32. The van der Waals surface area contributed by atoms with Gasteiger partial charge in [-0.05, 0) is 18.6 Å². The maximum Gasteiger partial charge on any atom is 0.416 e. The Morgan fingerprint density at radius 2 is 2.06 bits per heavy atom. The molecule has 2 nitrogen and oxygen atoms in total. The van der Waals surface area contributed by atoms with E-state index >= 15 is 0 Å². The van der Waals surface area contributed by atoms with Crippen LogP contribution >= 0.6 is 11.6 Å². The Hall–Kier alpha value is -1.23. The van der Waals surface area contributed by atoms with Gasteiger partial charge in [-0.2, -0.15) is 13.2 Å². The zero-order valence-electron chi connectivity index (χ0n) is 8.97. The van der Waals surface area contributed by atoms with E-state index in [-0.39, 0.29) is 23.6 Å². The molecule has 94 valence electrons. The fraction of sp³-hybridized carbons (Fsp3) is 0.364. The molecule has 0 bridgehead atoms. The van der Waals surface area contributed by atoms with Crippen molar-refractivity contribution in [1.29, 1.82) is 0 Å². The smallest absolute Gasteiger partial charge is 0.416 e. The van der Waals surface area contributed by atoms with Gasteiger partial charge >= 0.3 is 6.18 Å². The molecule has 0 radical (unpaired) electrons. The highest BCUT2D eigenvalue weighted by Crippen LogP contribution is 2.37. The van der Waals surface area contributed by atoms with Gasteiger partial charge in [0, 0.05) is 17.0 Å². The van der Waals surface area contributed by atoms with Crippen LogP contribution in [0.15, 0.2) is 12.1 Å². The van der Waals surface area contributed by atoms with Crippen molar-refractivity contribution in [1.82, 2.24) is 0 Å². The van der Waals surface area contributed by atoms with Crippen molar-refractivity contribution in [2.75, 3.05) is 7.11 Å². The molecule has 17 heavy (non-hydrogen) atoms. The molecule has 0 saturated heterocycles. The molecule has 0 aromatic heterocycles. The van der Waals surface area contributed by atoms with Gasteiger partial charge < -0.3 is 9.53 Å². The van der Waals surface area contributed by atoms with E-state index in [2.05, 4.69) is 0 Å². The van der Waals surface area contributed by atoms with Crippen LogP contribution in [0.25, 0.3) is 0 Å². The minimum absolute atomic E-state index is 0.0430. The number of alkyl halides is 3. The largest absolute Gasteiger partial charge is 0.496 e. The fourth-order valence-electron chi connectivity index (χ4n) is 1.40. The SMILES string of the molecule is COc1cc(C(F)(F)F)cc(Cl)c1CCC=O. The summed E-state index contributed by atoms with van der Waals surface area (Å²) < 4.78 is 42.4. The fourth-order valence-corrected chi connectivity index (χ4v) is 1.71. The lowest BCUT2D eigenvalue weighted by Gasteiger charge is -2.14. The summed E-state index contributed by atoms with van der Waals surface area (Å²) in [4.78, 5) is 10.3. The summed E-state index contributed by atoms with van der Waals surface area (Å²) in [5.41, 5.74) is -0.455. The van der Waals surface area contributed by atoms with E-state index < -0.39 is 11.7 Å². The Labute approximate surface area is 101 Å². The highest BCUT2D eigenvalue weighted by atomic mass is 35.5. The lowest BCUT2D eigenvalue weighted by atomic mass is 10.1. The van der Waals surface area contributed by atoms with E-state index in [4.69, 9.17) is 16.3 Å². The van der Waals surface area contributed by atoms with E-state index in [1.165, 1.54) is 7.11 Å². The summed E-state index contributed by atoms with van der Waals surface area (Å²) in [7, 11) is 1.26. The molecule has 0 aliphatic heterocycles. The monoisotopic (exact) mass is 266 g/mol. The summed E-state index contributed by atoms with van der Waals surface area (Å²) in [6, 6.07) is 1.72. The van der Waals surface area contributed by atoms with E-state index in [0.717, 1.165) is 12.1 Å². The molecule has 1 aromatic carbocycles. The first-order valence-electron chi connectivity index (χ1n) is 4.77. The first-order valence-corrected chi connectivity index (χ1v) is 5.15. The first-order chi connectivity index (χ1) is 7.90. The second-order valence-corrected chi connectivity index (χ2v) is 3.75. The minimum atomic E-state index is -4.47. The minimum Gasteiger partial charge on any atom is -0.496 e. The van der Waals surface area contributed by atoms with Gasteiger partial charge in [0.05, 0.1) is 12.7 Å². The highest BCUT2D eigenvalue weighted by molar-refractivity contribution is 6.31. The van der Waals surface area contributed by atoms with Gasteiger partial charge in [0.1, 0.15) is 12.0 Å². The maximum absolute atomic E-state index is 12.5. The molecular weight excluding hydrogens is 257 g/mol. The quantitative estimate of drug-likeness (QED) is 0.780. The molecule has 0 N–H and O–H groups in total. The van der Waals surface area contributed by atoms with Gasteiger partial charge in [0.25, 0.3) is 0 Å². The lowest BCUT2D eigenvalue weighted by molar-refractivity contribution is -0.137. The maximum atomic E-state index is 12.5. The third-order valence-corrected chi connectivity index (χ3v) is 2.55. The first kappa shape index (κ1) is 13.8. The molecule has 0 aliphatic carbocycles. The summed E-state index contributed by atoms with van der Waals surface area (Å²) >= 11 is 5.76. The van der Waals surface area contributed by atoms with Crippen LogP contribution in [0.3, 0.4) is 0 Å². The van der Waals surface area contributed by atoms with E-state index in [1.54, 1.807) is 0 Å². The number of rotatable bonds is 4. The number of carbonyl (C=O) groups excluding carboxylic acids is 1. The number of methoxy groups -OCH3 is 1. The van der Waals surface area contributed by atoms with Gasteiger partial charge in [-0.1, -0.05) is 11.6 Å². The third kappa shape index (κ3) is 3.36. The molecule has 1 rings (SSSR count). The molecule has 0 aliphatic rings. The summed E-state index contributed by atoms with van der Waals surface area (Å²) in [6.07, 6.45) is -3.36. The molecule has 0 amide bonds. The lowest BCUT2D eigenvalue weighted by Crippen LogP contribution is -2.06. The van der Waals surface area contributed by atoms with Crippen LogP contribution in [0.1, 0.15) is 17.5 Å². The van der Waals surface area contributed by atoms with Gasteiger partial charge in [-0.25, -0.2) is 0 Å². The van der Waals surface area contributed by atoms with Crippen molar-refractivity contribution in [3.8, 4) is 5.75 Å². The third-order valence-electron chi connectivity index (χ3n) is 2.21. The second kappa shape index (κ2) is 5.40. The Balaban J connectivity index is 3.20. The van der Waals surface area contributed by atoms with Crippen molar-refractivity contribution in [2.24, 2.45) is 0 Å². The van der Waals surface area contributed by atoms with Crippen molar-refractivity contribution >= 4 is 17.9 Å². The van der Waals surface area contributed by atoms with E-state index in [9.17, 15) is 18.0 Å². The standard InChI is InChI=1S/C11H10ClF3O2/c1-17-10-6-7(11(13,14)15)5-9(12)8(10)3-2-4-16/h4-6H,2-3H2,1H3. The molecule has 0 heterocycles. The van der Waals surface area contributed by atoms with E-state index in [1.807, 2.05) is 0 Å². The van der Waals surface area contributed by atoms with Crippen LogP contribution in [-0.4, -0.2) is 13.4 Å². The molecule has 0 unspecified atom stereocenters. The van der Waals surface area contributed by atoms with Crippen molar-refractivity contribution in [3.05, 3.63) is 28.3 Å². The average molecular weight is 267 g/mol. The van der Waals surface area contributed by atoms with Gasteiger partial charge in [-0.3, -0.25) is 0 Å². The summed E-state index contributed by atoms with van der Waals surface area (Å²) in [5, 5.41) is -0.0430. The zero-order chi connectivity index (χ0) is 13.1. The number of ether oxygens (including phenoxy) is 1. The van der Waals surface area contributed by atoms with Crippen molar-refractivity contribution in [3.63, 3.8) is 0 Å². The number of hydrogen-bond donors (Lipinski definition) is 0. The number of aldehydes is 1. The van der Waals surface area contributed by atoms with E-state index in [0.29, 0.717) is 11.8 Å².